The van der Waals surface area contributed by atoms with E-state index in [1.165, 1.54) is 27.4 Å². The fourth-order valence-electron chi connectivity index (χ4n) is 2.48. The summed E-state index contributed by atoms with van der Waals surface area (Å²) in [5, 5.41) is 4.14. The van der Waals surface area contributed by atoms with Gasteiger partial charge >= 0.3 is 0 Å². The van der Waals surface area contributed by atoms with Crippen LogP contribution in [-0.2, 0) is 16.6 Å². The zero-order chi connectivity index (χ0) is 18.6. The van der Waals surface area contributed by atoms with Gasteiger partial charge < -0.3 is 4.90 Å². The molecule has 136 valence electrons. The molecule has 5 nitrogen and oxygen atoms in total. The third-order valence-corrected chi connectivity index (χ3v) is 6.97. The molecule has 1 amide bonds. The minimum atomic E-state index is -3.64. The number of rotatable bonds is 7. The lowest BCUT2D eigenvalue weighted by atomic mass is 10.2. The maximum atomic E-state index is 12.7. The highest BCUT2D eigenvalue weighted by molar-refractivity contribution is 7.89. The maximum absolute atomic E-state index is 12.7. The van der Waals surface area contributed by atoms with Crippen molar-refractivity contribution >= 4 is 38.9 Å². The zero-order valence-electron chi connectivity index (χ0n) is 14.4. The summed E-state index contributed by atoms with van der Waals surface area (Å²) in [6.45, 7) is 4.71. The lowest BCUT2D eigenvalue weighted by Crippen LogP contribution is -2.31. The molecular weight excluding hydrogens is 380 g/mol. The van der Waals surface area contributed by atoms with Crippen molar-refractivity contribution in [2.75, 3.05) is 20.1 Å². The first kappa shape index (κ1) is 19.9. The minimum Gasteiger partial charge on any atom is -0.337 e. The summed E-state index contributed by atoms with van der Waals surface area (Å²) in [5.41, 5.74) is 1.21. The van der Waals surface area contributed by atoms with Crippen LogP contribution in [0.4, 0.5) is 0 Å². The van der Waals surface area contributed by atoms with Crippen LogP contribution in [0.3, 0.4) is 0 Å². The molecule has 0 radical (unpaired) electrons. The lowest BCUT2D eigenvalue weighted by molar-refractivity contribution is 0.0785. The highest BCUT2D eigenvalue weighted by Crippen LogP contribution is 2.24. The second-order valence-electron chi connectivity index (χ2n) is 5.52. The molecule has 25 heavy (non-hydrogen) atoms. The third kappa shape index (κ3) is 4.41. The van der Waals surface area contributed by atoms with Gasteiger partial charge in [0.25, 0.3) is 5.91 Å². The zero-order valence-corrected chi connectivity index (χ0v) is 16.8. The summed E-state index contributed by atoms with van der Waals surface area (Å²) in [4.78, 5) is 14.3. The first-order chi connectivity index (χ1) is 11.8. The Kier molecular flexibility index (Phi) is 6.62. The highest BCUT2D eigenvalue weighted by Gasteiger charge is 2.24. The Balaban J connectivity index is 2.34. The first-order valence-corrected chi connectivity index (χ1v) is 10.6. The number of sulfonamides is 1. The van der Waals surface area contributed by atoms with Crippen molar-refractivity contribution in [1.82, 2.24) is 9.21 Å². The third-order valence-electron chi connectivity index (χ3n) is 3.86. The SMILES string of the molecule is CCN(CC)S(=O)(=O)c1ccc(Cl)c(C(=O)N(C)Cc2ccsc2)c1. The smallest absolute Gasteiger partial charge is 0.255 e. The quantitative estimate of drug-likeness (QED) is 0.711. The summed E-state index contributed by atoms with van der Waals surface area (Å²) in [6.07, 6.45) is 0. The number of amides is 1. The Morgan fingerprint density at radius 3 is 2.44 bits per heavy atom. The fourth-order valence-corrected chi connectivity index (χ4v) is 4.82. The van der Waals surface area contributed by atoms with Gasteiger partial charge in [-0.1, -0.05) is 25.4 Å². The van der Waals surface area contributed by atoms with Crippen molar-refractivity contribution in [2.24, 2.45) is 0 Å². The number of hydrogen-bond donors (Lipinski definition) is 0. The van der Waals surface area contributed by atoms with E-state index in [-0.39, 0.29) is 21.4 Å². The number of nitrogens with zero attached hydrogens (tertiary/aromatic N) is 2. The van der Waals surface area contributed by atoms with Crippen LogP contribution in [0.25, 0.3) is 0 Å². The van der Waals surface area contributed by atoms with Gasteiger partial charge in [0.15, 0.2) is 0 Å². The van der Waals surface area contributed by atoms with Gasteiger partial charge in [0.2, 0.25) is 10.0 Å². The average Bonchev–Trinajstić information content (AvgIpc) is 3.08. The standard InChI is InChI=1S/C17H21ClN2O3S2/c1-4-20(5-2)25(22,23)14-6-7-16(18)15(10-14)17(21)19(3)11-13-8-9-24-12-13/h6-10,12H,4-5,11H2,1-3H3. The number of carbonyl (C=O) groups excluding carboxylic acids is 1. The molecule has 0 aliphatic heterocycles. The average molecular weight is 401 g/mol. The fraction of sp³-hybridized carbons (Fsp3) is 0.353. The topological polar surface area (TPSA) is 57.7 Å². The van der Waals surface area contributed by atoms with Crippen LogP contribution in [-0.4, -0.2) is 43.7 Å². The number of thiophene rings is 1. The molecule has 0 atom stereocenters. The van der Waals surface area contributed by atoms with E-state index >= 15 is 0 Å². The van der Waals surface area contributed by atoms with Gasteiger partial charge in [0.05, 0.1) is 15.5 Å². The summed E-state index contributed by atoms with van der Waals surface area (Å²) in [7, 11) is -1.98. The Morgan fingerprint density at radius 1 is 1.20 bits per heavy atom. The van der Waals surface area contributed by atoms with Crippen molar-refractivity contribution in [3.05, 3.63) is 51.2 Å². The van der Waals surface area contributed by atoms with E-state index in [0.29, 0.717) is 19.6 Å². The van der Waals surface area contributed by atoms with Gasteiger partial charge in [0, 0.05) is 26.7 Å². The van der Waals surface area contributed by atoms with Gasteiger partial charge in [-0.2, -0.15) is 15.6 Å². The van der Waals surface area contributed by atoms with Crippen molar-refractivity contribution < 1.29 is 13.2 Å². The Hall–Kier alpha value is -1.41. The summed E-state index contributed by atoms with van der Waals surface area (Å²) in [6, 6.07) is 6.20. The van der Waals surface area contributed by atoms with Crippen LogP contribution < -0.4 is 0 Å². The molecule has 8 heteroatoms. The predicted molar refractivity (Wildman–Crippen MR) is 102 cm³/mol. The van der Waals surface area contributed by atoms with Crippen molar-refractivity contribution in [1.29, 1.82) is 0 Å². The predicted octanol–water partition coefficient (Wildman–Crippen LogP) is 3.70. The van der Waals surface area contributed by atoms with E-state index in [4.69, 9.17) is 11.6 Å². The lowest BCUT2D eigenvalue weighted by Gasteiger charge is -2.20. The molecule has 0 saturated heterocycles. The molecule has 2 aromatic rings. The molecule has 0 unspecified atom stereocenters. The van der Waals surface area contributed by atoms with Crippen molar-refractivity contribution in [2.45, 2.75) is 25.3 Å². The monoisotopic (exact) mass is 400 g/mol. The van der Waals surface area contributed by atoms with Gasteiger partial charge in [-0.15, -0.1) is 0 Å². The van der Waals surface area contributed by atoms with Crippen LogP contribution in [0.5, 0.6) is 0 Å². The van der Waals surface area contributed by atoms with E-state index in [0.717, 1.165) is 5.56 Å². The summed E-state index contributed by atoms with van der Waals surface area (Å²) < 4.78 is 26.7. The molecule has 0 spiro atoms. The highest BCUT2D eigenvalue weighted by atomic mass is 35.5. The van der Waals surface area contributed by atoms with E-state index in [2.05, 4.69) is 0 Å². The van der Waals surface area contributed by atoms with Gasteiger partial charge in [0.1, 0.15) is 0 Å². The molecule has 2 rings (SSSR count). The number of carbonyl (C=O) groups is 1. The number of halogens is 1. The van der Waals surface area contributed by atoms with Crippen LogP contribution in [0.2, 0.25) is 5.02 Å². The molecule has 0 N–H and O–H groups in total. The van der Waals surface area contributed by atoms with Crippen LogP contribution in [0, 0.1) is 0 Å². The van der Waals surface area contributed by atoms with E-state index in [1.54, 1.807) is 32.2 Å². The van der Waals surface area contributed by atoms with Gasteiger partial charge in [-0.3, -0.25) is 4.79 Å². The van der Waals surface area contributed by atoms with E-state index < -0.39 is 10.0 Å². The van der Waals surface area contributed by atoms with Crippen LogP contribution in [0.1, 0.15) is 29.8 Å². The normalized spacial score (nSPS) is 11.7. The molecule has 0 aliphatic carbocycles. The van der Waals surface area contributed by atoms with Crippen molar-refractivity contribution in [3.8, 4) is 0 Å². The first-order valence-electron chi connectivity index (χ1n) is 7.87. The minimum absolute atomic E-state index is 0.0767. The summed E-state index contributed by atoms with van der Waals surface area (Å²) in [5.74, 6) is -0.312. The molecule has 1 aromatic heterocycles. The molecule has 0 aliphatic rings. The molecule has 1 heterocycles. The Morgan fingerprint density at radius 2 is 1.88 bits per heavy atom. The Bertz CT molecular complexity index is 832. The molecule has 0 saturated carbocycles. The molecule has 0 fully saturated rings. The van der Waals surface area contributed by atoms with Crippen LogP contribution >= 0.6 is 22.9 Å². The second-order valence-corrected chi connectivity index (χ2v) is 8.65. The maximum Gasteiger partial charge on any atom is 0.255 e. The molecule has 0 bridgehead atoms. The van der Waals surface area contributed by atoms with Crippen LogP contribution in [0.15, 0.2) is 39.9 Å². The summed E-state index contributed by atoms with van der Waals surface area (Å²) >= 11 is 7.72. The van der Waals surface area contributed by atoms with Crippen molar-refractivity contribution in [3.63, 3.8) is 0 Å². The Labute approximate surface area is 157 Å². The van der Waals surface area contributed by atoms with E-state index in [1.807, 2.05) is 16.8 Å². The molecule has 1 aromatic carbocycles. The van der Waals surface area contributed by atoms with Gasteiger partial charge in [-0.05, 0) is 40.6 Å². The van der Waals surface area contributed by atoms with Gasteiger partial charge in [-0.25, -0.2) is 8.42 Å². The second kappa shape index (κ2) is 8.31. The number of hydrogen-bond acceptors (Lipinski definition) is 4. The molecular formula is C17H21ClN2O3S2. The largest absolute Gasteiger partial charge is 0.337 e. The van der Waals surface area contributed by atoms with E-state index in [9.17, 15) is 13.2 Å². The number of benzene rings is 1.